The second-order valence-electron chi connectivity index (χ2n) is 3.73. The molecule has 2 atom stereocenters. The number of fused-ring (bicyclic) bond motifs is 2. The number of rotatable bonds is 0. The summed E-state index contributed by atoms with van der Waals surface area (Å²) in [4.78, 5) is 11.3. The Morgan fingerprint density at radius 1 is 1.20 bits per heavy atom. The molecule has 0 saturated heterocycles. The molecule has 0 spiro atoms. The highest BCUT2D eigenvalue weighted by Gasteiger charge is 2.31. The van der Waals surface area contributed by atoms with Crippen LogP contribution in [0.2, 0.25) is 0 Å². The molecule has 0 heterocycles. The molecular weight excluding hydrogens is 124 g/mol. The van der Waals surface area contributed by atoms with Crippen molar-refractivity contribution in [2.75, 3.05) is 0 Å². The summed E-state index contributed by atoms with van der Waals surface area (Å²) in [5, 5.41) is 0. The van der Waals surface area contributed by atoms with Crippen molar-refractivity contribution in [3.05, 3.63) is 0 Å². The van der Waals surface area contributed by atoms with E-state index in [1.165, 1.54) is 32.1 Å². The summed E-state index contributed by atoms with van der Waals surface area (Å²) in [7, 11) is 0. The van der Waals surface area contributed by atoms with Crippen LogP contribution in [0.15, 0.2) is 0 Å². The highest BCUT2D eigenvalue weighted by Crippen LogP contribution is 2.38. The summed E-state index contributed by atoms with van der Waals surface area (Å²) in [6.45, 7) is 0. The van der Waals surface area contributed by atoms with Crippen LogP contribution in [0.5, 0.6) is 0 Å². The van der Waals surface area contributed by atoms with Crippen molar-refractivity contribution < 1.29 is 4.79 Å². The average Bonchev–Trinajstić information content (AvgIpc) is 2.27. The highest BCUT2D eigenvalue weighted by atomic mass is 16.1. The molecule has 0 aliphatic heterocycles. The molecule has 10 heavy (non-hydrogen) atoms. The highest BCUT2D eigenvalue weighted by molar-refractivity contribution is 5.81. The molecule has 0 N–H and O–H groups in total. The van der Waals surface area contributed by atoms with Crippen molar-refractivity contribution in [3.63, 3.8) is 0 Å². The molecule has 0 radical (unpaired) electrons. The molecule has 1 heteroatoms. The zero-order valence-corrected chi connectivity index (χ0v) is 6.31. The average molecular weight is 138 g/mol. The van der Waals surface area contributed by atoms with Gasteiger partial charge in [0.2, 0.25) is 0 Å². The van der Waals surface area contributed by atoms with Gasteiger partial charge in [-0.3, -0.25) is 4.79 Å². The van der Waals surface area contributed by atoms with Gasteiger partial charge in [-0.1, -0.05) is 6.42 Å². The van der Waals surface area contributed by atoms with Gasteiger partial charge in [-0.25, -0.2) is 0 Å². The molecule has 0 aromatic carbocycles. The smallest absolute Gasteiger partial charge is 0.135 e. The van der Waals surface area contributed by atoms with E-state index in [1.54, 1.807) is 0 Å². The summed E-state index contributed by atoms with van der Waals surface area (Å²) >= 11 is 0. The number of carbonyl (C=O) groups is 1. The Labute approximate surface area is 61.8 Å². The lowest BCUT2D eigenvalue weighted by molar-refractivity contribution is -0.122. The maximum absolute atomic E-state index is 11.3. The van der Waals surface area contributed by atoms with Gasteiger partial charge in [-0.15, -0.1) is 0 Å². The molecule has 56 valence electrons. The zero-order chi connectivity index (χ0) is 6.97. The van der Waals surface area contributed by atoms with Crippen molar-refractivity contribution in [1.29, 1.82) is 0 Å². The Hall–Kier alpha value is -0.330. The van der Waals surface area contributed by atoms with Crippen molar-refractivity contribution >= 4 is 5.78 Å². The Bertz CT molecular complexity index is 151. The van der Waals surface area contributed by atoms with Gasteiger partial charge in [-0.2, -0.15) is 0 Å². The number of carbonyl (C=O) groups excluding carboxylic acids is 1. The number of hydrogen-bond acceptors (Lipinski definition) is 1. The Kier molecular flexibility index (Phi) is 1.51. The molecule has 0 amide bonds. The molecule has 2 bridgehead atoms. The first-order valence-electron chi connectivity index (χ1n) is 4.39. The van der Waals surface area contributed by atoms with Crippen LogP contribution in [0.25, 0.3) is 0 Å². The van der Waals surface area contributed by atoms with Crippen LogP contribution in [0.1, 0.15) is 38.5 Å². The molecule has 2 aliphatic rings. The van der Waals surface area contributed by atoms with Crippen molar-refractivity contribution in [2.45, 2.75) is 38.5 Å². The van der Waals surface area contributed by atoms with Crippen LogP contribution in [-0.2, 0) is 4.79 Å². The minimum absolute atomic E-state index is 0.479. The van der Waals surface area contributed by atoms with Crippen molar-refractivity contribution in [1.82, 2.24) is 0 Å². The van der Waals surface area contributed by atoms with Crippen LogP contribution in [-0.4, -0.2) is 5.78 Å². The van der Waals surface area contributed by atoms with Crippen molar-refractivity contribution in [3.8, 4) is 0 Å². The standard InChI is InChI=1S/C9H14O/c10-9-3-1-2-7-4-5-8(9)6-7/h7-8H,1-6H2. The van der Waals surface area contributed by atoms with E-state index in [4.69, 9.17) is 0 Å². The van der Waals surface area contributed by atoms with E-state index in [0.717, 1.165) is 12.3 Å². The SMILES string of the molecule is O=C1CCCC2CCC1C2. The molecule has 1 nitrogen and oxygen atoms in total. The number of Topliss-reactive ketones (excluding diaryl/α,β-unsaturated/α-hetero) is 1. The Balaban J connectivity index is 2.10. The van der Waals surface area contributed by atoms with E-state index in [2.05, 4.69) is 0 Å². The molecule has 2 aliphatic carbocycles. The van der Waals surface area contributed by atoms with Gasteiger partial charge in [0.1, 0.15) is 5.78 Å². The van der Waals surface area contributed by atoms with Gasteiger partial charge in [-0.05, 0) is 31.6 Å². The van der Waals surface area contributed by atoms with Crippen LogP contribution in [0, 0.1) is 11.8 Å². The molecule has 0 aromatic heterocycles. The van der Waals surface area contributed by atoms with Crippen LogP contribution < -0.4 is 0 Å². The largest absolute Gasteiger partial charge is 0.299 e. The van der Waals surface area contributed by atoms with Gasteiger partial charge in [0, 0.05) is 12.3 Å². The molecule has 2 rings (SSSR count). The second kappa shape index (κ2) is 2.37. The first kappa shape index (κ1) is 6.38. The fourth-order valence-electron chi connectivity index (χ4n) is 2.40. The van der Waals surface area contributed by atoms with Crippen molar-refractivity contribution in [2.24, 2.45) is 11.8 Å². The lowest BCUT2D eigenvalue weighted by Gasteiger charge is -2.04. The minimum Gasteiger partial charge on any atom is -0.299 e. The summed E-state index contributed by atoms with van der Waals surface area (Å²) in [6.07, 6.45) is 7.11. The minimum atomic E-state index is 0.479. The zero-order valence-electron chi connectivity index (χ0n) is 6.31. The summed E-state index contributed by atoms with van der Waals surface area (Å²) in [5.74, 6) is 1.95. The molecular formula is C9H14O. The maximum atomic E-state index is 11.3. The normalized spacial score (nSPS) is 39.8. The van der Waals surface area contributed by atoms with Gasteiger partial charge >= 0.3 is 0 Å². The molecule has 2 fully saturated rings. The quantitative estimate of drug-likeness (QED) is 0.501. The van der Waals surface area contributed by atoms with Gasteiger partial charge < -0.3 is 0 Å². The maximum Gasteiger partial charge on any atom is 0.135 e. The van der Waals surface area contributed by atoms with Crippen LogP contribution in [0.4, 0.5) is 0 Å². The second-order valence-corrected chi connectivity index (χ2v) is 3.73. The molecule has 2 saturated carbocycles. The molecule has 0 aromatic rings. The third kappa shape index (κ3) is 0.979. The summed E-state index contributed by atoms with van der Waals surface area (Å²) < 4.78 is 0. The van der Waals surface area contributed by atoms with E-state index in [-0.39, 0.29) is 0 Å². The first-order valence-corrected chi connectivity index (χ1v) is 4.39. The van der Waals surface area contributed by atoms with E-state index < -0.39 is 0 Å². The van der Waals surface area contributed by atoms with E-state index in [0.29, 0.717) is 11.7 Å². The predicted octanol–water partition coefficient (Wildman–Crippen LogP) is 2.16. The monoisotopic (exact) mass is 138 g/mol. The number of hydrogen-bond donors (Lipinski definition) is 0. The fraction of sp³-hybridized carbons (Fsp3) is 0.889. The van der Waals surface area contributed by atoms with E-state index in [1.807, 2.05) is 0 Å². The van der Waals surface area contributed by atoms with E-state index in [9.17, 15) is 4.79 Å². The summed E-state index contributed by atoms with van der Waals surface area (Å²) in [5.41, 5.74) is 0. The van der Waals surface area contributed by atoms with E-state index >= 15 is 0 Å². The third-order valence-corrected chi connectivity index (χ3v) is 3.03. The summed E-state index contributed by atoms with van der Waals surface area (Å²) in [6, 6.07) is 0. The van der Waals surface area contributed by atoms with Crippen LogP contribution >= 0.6 is 0 Å². The predicted molar refractivity (Wildman–Crippen MR) is 39.7 cm³/mol. The van der Waals surface area contributed by atoms with Crippen LogP contribution in [0.3, 0.4) is 0 Å². The van der Waals surface area contributed by atoms with Gasteiger partial charge in [0.25, 0.3) is 0 Å². The first-order chi connectivity index (χ1) is 4.86. The fourth-order valence-corrected chi connectivity index (χ4v) is 2.40. The molecule has 2 unspecified atom stereocenters. The Morgan fingerprint density at radius 2 is 2.10 bits per heavy atom. The van der Waals surface area contributed by atoms with Gasteiger partial charge in [0.05, 0.1) is 0 Å². The third-order valence-electron chi connectivity index (χ3n) is 3.03. The topological polar surface area (TPSA) is 17.1 Å². The lowest BCUT2D eigenvalue weighted by atomic mass is 10.00. The van der Waals surface area contributed by atoms with Gasteiger partial charge in [0.15, 0.2) is 0 Å². The lowest BCUT2D eigenvalue weighted by Crippen LogP contribution is -2.08. The number of ketones is 1. The Morgan fingerprint density at radius 3 is 3.00 bits per heavy atom.